The monoisotopic (exact) mass is 365 g/mol. The molecule has 0 unspecified atom stereocenters. The number of aromatic nitrogens is 4. The zero-order chi connectivity index (χ0) is 19.2. The lowest BCUT2D eigenvalue weighted by molar-refractivity contribution is -0.121. The van der Waals surface area contributed by atoms with Gasteiger partial charge in [-0.25, -0.2) is 9.67 Å². The molecule has 3 aromatic rings. The maximum atomic E-state index is 12.1. The number of para-hydroxylation sites is 1. The number of aromatic amines is 1. The van der Waals surface area contributed by atoms with Crippen LogP contribution in [0, 0.1) is 13.8 Å². The van der Waals surface area contributed by atoms with Crippen molar-refractivity contribution in [2.75, 3.05) is 6.54 Å². The van der Waals surface area contributed by atoms with Gasteiger partial charge in [-0.15, -0.1) is 0 Å². The van der Waals surface area contributed by atoms with Gasteiger partial charge in [0.1, 0.15) is 5.82 Å². The Morgan fingerprint density at radius 3 is 2.70 bits per heavy atom. The van der Waals surface area contributed by atoms with E-state index < -0.39 is 0 Å². The van der Waals surface area contributed by atoms with Gasteiger partial charge in [0.25, 0.3) is 5.56 Å². The SMILES string of the molecule is Cc1nc(C)c(CCC(=O)NCCc2cnn(-c3ccccc3)c2)c(=O)[nH]1. The van der Waals surface area contributed by atoms with E-state index in [-0.39, 0.29) is 17.9 Å². The van der Waals surface area contributed by atoms with Crippen LogP contribution in [0.5, 0.6) is 0 Å². The quantitative estimate of drug-likeness (QED) is 0.668. The summed E-state index contributed by atoms with van der Waals surface area (Å²) in [6.07, 6.45) is 5.11. The second-order valence-corrected chi connectivity index (χ2v) is 6.44. The van der Waals surface area contributed by atoms with Crippen LogP contribution in [0.2, 0.25) is 0 Å². The predicted molar refractivity (Wildman–Crippen MR) is 103 cm³/mol. The predicted octanol–water partition coefficient (Wildman–Crippen LogP) is 1.86. The Labute approximate surface area is 157 Å². The Hall–Kier alpha value is -3.22. The molecule has 1 amide bonds. The molecule has 0 saturated heterocycles. The molecule has 140 valence electrons. The highest BCUT2D eigenvalue weighted by molar-refractivity contribution is 5.76. The molecular formula is C20H23N5O2. The molecule has 27 heavy (non-hydrogen) atoms. The Morgan fingerprint density at radius 1 is 1.19 bits per heavy atom. The maximum Gasteiger partial charge on any atom is 0.254 e. The van der Waals surface area contributed by atoms with Crippen LogP contribution in [-0.2, 0) is 17.6 Å². The molecule has 7 heteroatoms. The van der Waals surface area contributed by atoms with Crippen molar-refractivity contribution in [3.05, 3.63) is 75.7 Å². The van der Waals surface area contributed by atoms with E-state index in [4.69, 9.17) is 0 Å². The molecule has 2 heterocycles. The van der Waals surface area contributed by atoms with E-state index in [1.807, 2.05) is 41.2 Å². The van der Waals surface area contributed by atoms with Crippen LogP contribution in [0.3, 0.4) is 0 Å². The lowest BCUT2D eigenvalue weighted by Gasteiger charge is -2.06. The zero-order valence-corrected chi connectivity index (χ0v) is 15.5. The smallest absolute Gasteiger partial charge is 0.254 e. The van der Waals surface area contributed by atoms with Gasteiger partial charge in [-0.2, -0.15) is 5.10 Å². The van der Waals surface area contributed by atoms with Gasteiger partial charge in [0, 0.05) is 30.4 Å². The first-order valence-corrected chi connectivity index (χ1v) is 8.95. The first-order valence-electron chi connectivity index (χ1n) is 8.95. The molecule has 1 aromatic carbocycles. The third-order valence-electron chi connectivity index (χ3n) is 4.34. The summed E-state index contributed by atoms with van der Waals surface area (Å²) in [7, 11) is 0. The van der Waals surface area contributed by atoms with Gasteiger partial charge < -0.3 is 10.3 Å². The average Bonchev–Trinajstić information content (AvgIpc) is 3.10. The van der Waals surface area contributed by atoms with Crippen LogP contribution in [0.15, 0.2) is 47.5 Å². The molecular weight excluding hydrogens is 342 g/mol. The second-order valence-electron chi connectivity index (χ2n) is 6.44. The molecule has 0 saturated carbocycles. The van der Waals surface area contributed by atoms with Crippen molar-refractivity contribution in [1.29, 1.82) is 0 Å². The molecule has 2 N–H and O–H groups in total. The van der Waals surface area contributed by atoms with Crippen molar-refractivity contribution >= 4 is 5.91 Å². The highest BCUT2D eigenvalue weighted by Crippen LogP contribution is 2.08. The molecule has 2 aromatic heterocycles. The molecule has 0 radical (unpaired) electrons. The van der Waals surface area contributed by atoms with E-state index in [1.165, 1.54) is 0 Å². The normalized spacial score (nSPS) is 10.7. The number of carbonyl (C=O) groups excluding carboxylic acids is 1. The molecule has 0 atom stereocenters. The largest absolute Gasteiger partial charge is 0.356 e. The fourth-order valence-corrected chi connectivity index (χ4v) is 2.93. The van der Waals surface area contributed by atoms with Crippen LogP contribution >= 0.6 is 0 Å². The summed E-state index contributed by atoms with van der Waals surface area (Å²) in [6.45, 7) is 4.06. The molecule has 7 nitrogen and oxygen atoms in total. The highest BCUT2D eigenvalue weighted by atomic mass is 16.1. The van der Waals surface area contributed by atoms with Crippen LogP contribution in [0.4, 0.5) is 0 Å². The van der Waals surface area contributed by atoms with Gasteiger partial charge in [-0.3, -0.25) is 9.59 Å². The topological polar surface area (TPSA) is 92.7 Å². The minimum Gasteiger partial charge on any atom is -0.356 e. The van der Waals surface area contributed by atoms with Crippen molar-refractivity contribution < 1.29 is 4.79 Å². The zero-order valence-electron chi connectivity index (χ0n) is 15.5. The Bertz CT molecular complexity index is 976. The molecule has 0 aliphatic heterocycles. The van der Waals surface area contributed by atoms with E-state index in [0.717, 1.165) is 11.3 Å². The Morgan fingerprint density at radius 2 is 1.96 bits per heavy atom. The minimum absolute atomic E-state index is 0.0789. The molecule has 0 aliphatic carbocycles. The van der Waals surface area contributed by atoms with Crippen molar-refractivity contribution in [2.45, 2.75) is 33.1 Å². The van der Waals surface area contributed by atoms with Gasteiger partial charge in [-0.05, 0) is 44.4 Å². The van der Waals surface area contributed by atoms with Gasteiger partial charge >= 0.3 is 0 Å². The highest BCUT2D eigenvalue weighted by Gasteiger charge is 2.09. The maximum absolute atomic E-state index is 12.1. The van der Waals surface area contributed by atoms with Crippen LogP contribution in [0.25, 0.3) is 5.69 Å². The third kappa shape index (κ3) is 4.91. The van der Waals surface area contributed by atoms with Gasteiger partial charge in [-0.1, -0.05) is 18.2 Å². The van der Waals surface area contributed by atoms with Crippen molar-refractivity contribution in [3.63, 3.8) is 0 Å². The third-order valence-corrected chi connectivity index (χ3v) is 4.34. The number of rotatable bonds is 7. The molecule has 0 aliphatic rings. The van der Waals surface area contributed by atoms with E-state index >= 15 is 0 Å². The fourth-order valence-electron chi connectivity index (χ4n) is 2.93. The molecule has 0 fully saturated rings. The second kappa shape index (κ2) is 8.44. The summed E-state index contributed by atoms with van der Waals surface area (Å²) in [5, 5.41) is 7.24. The molecule has 3 rings (SSSR count). The Balaban J connectivity index is 1.47. The standard InChI is InChI=1S/C20H23N5O2/c1-14-18(20(27)24-15(2)23-14)8-9-19(26)21-11-10-16-12-22-25(13-16)17-6-4-3-5-7-17/h3-7,12-13H,8-11H2,1-2H3,(H,21,26)(H,23,24,27). The Kier molecular flexibility index (Phi) is 5.80. The number of benzene rings is 1. The van der Waals surface area contributed by atoms with Gasteiger partial charge in [0.2, 0.25) is 5.91 Å². The summed E-state index contributed by atoms with van der Waals surface area (Å²) < 4.78 is 1.82. The van der Waals surface area contributed by atoms with E-state index in [0.29, 0.717) is 36.5 Å². The van der Waals surface area contributed by atoms with Crippen molar-refractivity contribution in [3.8, 4) is 5.69 Å². The number of nitrogens with one attached hydrogen (secondary N) is 2. The van der Waals surface area contributed by atoms with Crippen molar-refractivity contribution in [1.82, 2.24) is 25.1 Å². The number of H-pyrrole nitrogens is 1. The number of amides is 1. The minimum atomic E-state index is -0.166. The van der Waals surface area contributed by atoms with Gasteiger partial charge in [0.05, 0.1) is 11.9 Å². The summed E-state index contributed by atoms with van der Waals surface area (Å²) in [5.74, 6) is 0.506. The number of aryl methyl sites for hydroxylation is 2. The summed E-state index contributed by atoms with van der Waals surface area (Å²) in [6, 6.07) is 9.87. The van der Waals surface area contributed by atoms with Crippen LogP contribution in [0.1, 0.15) is 29.1 Å². The first kappa shape index (κ1) is 18.6. The van der Waals surface area contributed by atoms with E-state index in [9.17, 15) is 9.59 Å². The molecule has 0 bridgehead atoms. The number of hydrogen-bond donors (Lipinski definition) is 2. The summed E-state index contributed by atoms with van der Waals surface area (Å²) in [4.78, 5) is 30.9. The molecule has 0 spiro atoms. The van der Waals surface area contributed by atoms with E-state index in [2.05, 4.69) is 20.4 Å². The van der Waals surface area contributed by atoms with Crippen LogP contribution in [-0.4, -0.2) is 32.2 Å². The van der Waals surface area contributed by atoms with E-state index in [1.54, 1.807) is 20.0 Å². The van der Waals surface area contributed by atoms with Crippen LogP contribution < -0.4 is 10.9 Å². The lowest BCUT2D eigenvalue weighted by atomic mass is 10.1. The average molecular weight is 365 g/mol. The fraction of sp³-hybridized carbons (Fsp3) is 0.300. The number of carbonyl (C=O) groups is 1. The number of nitrogens with zero attached hydrogens (tertiary/aromatic N) is 3. The summed E-state index contributed by atoms with van der Waals surface area (Å²) in [5.41, 5.74) is 3.13. The summed E-state index contributed by atoms with van der Waals surface area (Å²) >= 11 is 0. The lowest BCUT2D eigenvalue weighted by Crippen LogP contribution is -2.27. The first-order chi connectivity index (χ1) is 13.0. The van der Waals surface area contributed by atoms with Gasteiger partial charge in [0.15, 0.2) is 0 Å². The van der Waals surface area contributed by atoms with Crippen molar-refractivity contribution in [2.24, 2.45) is 0 Å². The number of hydrogen-bond acceptors (Lipinski definition) is 4.